The summed E-state index contributed by atoms with van der Waals surface area (Å²) in [6.45, 7) is 3.61. The van der Waals surface area contributed by atoms with Crippen molar-refractivity contribution < 1.29 is 14.0 Å². The summed E-state index contributed by atoms with van der Waals surface area (Å²) in [4.78, 5) is 49.8. The largest absolute Gasteiger partial charge is 0.330 e. The van der Waals surface area contributed by atoms with Gasteiger partial charge < -0.3 is 14.8 Å². The number of fused-ring (bicyclic) bond motifs is 2. The average Bonchev–Trinajstić information content (AvgIpc) is 3.53. The molecule has 1 aliphatic carbocycles. The molecule has 1 saturated carbocycles. The lowest BCUT2D eigenvalue weighted by molar-refractivity contribution is -0.116. The van der Waals surface area contributed by atoms with Crippen molar-refractivity contribution >= 4 is 23.3 Å². The third-order valence-electron chi connectivity index (χ3n) is 6.76. The molecular weight excluding hydrogens is 477 g/mol. The number of pyridine rings is 2. The highest BCUT2D eigenvalue weighted by Crippen LogP contribution is 2.39. The second-order valence-corrected chi connectivity index (χ2v) is 9.70. The number of carbonyl (C=O) groups is 2. The van der Waals surface area contributed by atoms with Crippen LogP contribution in [0.15, 0.2) is 47.5 Å². The number of hydrogen-bond acceptors (Lipinski definition) is 6. The molecule has 6 rings (SSSR count). The molecule has 0 saturated heterocycles. The number of nitrogens with one attached hydrogen (secondary N) is 1. The van der Waals surface area contributed by atoms with Gasteiger partial charge in [-0.3, -0.25) is 19.4 Å². The Morgan fingerprint density at radius 3 is 2.68 bits per heavy atom. The van der Waals surface area contributed by atoms with Crippen LogP contribution in [0.4, 0.5) is 10.2 Å². The number of nitrogens with zero attached hydrogens (tertiary/aromatic N) is 6. The summed E-state index contributed by atoms with van der Waals surface area (Å²) in [7, 11) is 0. The number of rotatable bonds is 6. The van der Waals surface area contributed by atoms with Crippen molar-refractivity contribution in [2.75, 3.05) is 5.32 Å². The van der Waals surface area contributed by atoms with Gasteiger partial charge in [0.25, 0.3) is 11.5 Å². The van der Waals surface area contributed by atoms with Crippen molar-refractivity contribution in [2.45, 2.75) is 51.7 Å². The lowest BCUT2D eigenvalue weighted by Crippen LogP contribution is -2.32. The van der Waals surface area contributed by atoms with E-state index >= 15 is 0 Å². The Labute approximate surface area is 210 Å². The minimum atomic E-state index is -0.523. The van der Waals surface area contributed by atoms with Crippen molar-refractivity contribution in [1.29, 1.82) is 0 Å². The van der Waals surface area contributed by atoms with E-state index in [2.05, 4.69) is 20.4 Å². The maximum Gasteiger partial charge on any atom is 0.280 e. The van der Waals surface area contributed by atoms with Crippen LogP contribution >= 0.6 is 0 Å². The molecule has 1 aliphatic heterocycles. The van der Waals surface area contributed by atoms with Gasteiger partial charge >= 0.3 is 0 Å². The van der Waals surface area contributed by atoms with Gasteiger partial charge in [-0.15, -0.1) is 0 Å². The minimum Gasteiger partial charge on any atom is -0.330 e. The Morgan fingerprint density at radius 2 is 1.97 bits per heavy atom. The van der Waals surface area contributed by atoms with E-state index in [1.165, 1.54) is 21.2 Å². The molecule has 11 heteroatoms. The van der Waals surface area contributed by atoms with E-state index in [1.807, 2.05) is 26.0 Å². The van der Waals surface area contributed by atoms with E-state index in [0.29, 0.717) is 22.8 Å². The number of amides is 2. The van der Waals surface area contributed by atoms with E-state index < -0.39 is 11.7 Å². The van der Waals surface area contributed by atoms with Crippen molar-refractivity contribution in [2.24, 2.45) is 0 Å². The first-order chi connectivity index (χ1) is 17.8. The van der Waals surface area contributed by atoms with Gasteiger partial charge in [0.1, 0.15) is 29.5 Å². The highest BCUT2D eigenvalue weighted by Gasteiger charge is 2.36. The van der Waals surface area contributed by atoms with Gasteiger partial charge in [0, 0.05) is 35.5 Å². The first-order valence-corrected chi connectivity index (χ1v) is 12.1. The van der Waals surface area contributed by atoms with Crippen molar-refractivity contribution in [1.82, 2.24) is 29.0 Å². The van der Waals surface area contributed by atoms with Gasteiger partial charge in [0.15, 0.2) is 0 Å². The lowest BCUT2D eigenvalue weighted by Gasteiger charge is -2.20. The summed E-state index contributed by atoms with van der Waals surface area (Å²) >= 11 is 0. The maximum atomic E-state index is 13.5. The Morgan fingerprint density at radius 1 is 1.16 bits per heavy atom. The summed E-state index contributed by atoms with van der Waals surface area (Å²) in [6.07, 6.45) is 4.94. The predicted molar refractivity (Wildman–Crippen MR) is 132 cm³/mol. The fraction of sp³-hybridized carbons (Fsp3) is 0.308. The second kappa shape index (κ2) is 8.61. The molecule has 0 bridgehead atoms. The Balaban J connectivity index is 1.46. The molecule has 0 aromatic carbocycles. The van der Waals surface area contributed by atoms with Crippen molar-refractivity contribution in [3.63, 3.8) is 0 Å². The SMILES string of the molecule is CC(C)N1Cc2c(n(CC(=O)Nc3ccc(F)cn3)c3cc(-c4ccnc(C5CC5)c4)nn3c2=O)C1=O. The molecular formula is C26H24FN7O3. The molecule has 2 amide bonds. The van der Waals surface area contributed by atoms with Crippen LogP contribution in [0, 0.1) is 5.82 Å². The van der Waals surface area contributed by atoms with Crippen LogP contribution in [0.2, 0.25) is 0 Å². The smallest absolute Gasteiger partial charge is 0.280 e. The molecule has 1 N–H and O–H groups in total. The molecule has 0 atom stereocenters. The Bertz CT molecular complexity index is 1620. The second-order valence-electron chi connectivity index (χ2n) is 9.70. The molecule has 5 heterocycles. The van der Waals surface area contributed by atoms with Crippen LogP contribution < -0.4 is 10.9 Å². The summed E-state index contributed by atoms with van der Waals surface area (Å²) in [6, 6.07) is 7.92. The fourth-order valence-electron chi connectivity index (χ4n) is 4.69. The van der Waals surface area contributed by atoms with E-state index in [-0.39, 0.29) is 42.1 Å². The van der Waals surface area contributed by atoms with Crippen LogP contribution in [0.3, 0.4) is 0 Å². The first-order valence-electron chi connectivity index (χ1n) is 12.1. The molecule has 2 aliphatic rings. The van der Waals surface area contributed by atoms with E-state index in [1.54, 1.807) is 17.2 Å². The summed E-state index contributed by atoms with van der Waals surface area (Å²) in [5, 5.41) is 7.20. The zero-order chi connectivity index (χ0) is 25.8. The van der Waals surface area contributed by atoms with Gasteiger partial charge in [-0.25, -0.2) is 9.37 Å². The van der Waals surface area contributed by atoms with Crippen LogP contribution in [-0.2, 0) is 17.9 Å². The lowest BCUT2D eigenvalue weighted by atomic mass is 10.1. The molecule has 0 spiro atoms. The maximum absolute atomic E-state index is 13.5. The molecule has 4 aromatic heterocycles. The molecule has 10 nitrogen and oxygen atoms in total. The summed E-state index contributed by atoms with van der Waals surface area (Å²) in [5.74, 6) is -0.701. The van der Waals surface area contributed by atoms with Crippen LogP contribution in [0.25, 0.3) is 16.9 Å². The molecule has 37 heavy (non-hydrogen) atoms. The predicted octanol–water partition coefficient (Wildman–Crippen LogP) is 2.97. The van der Waals surface area contributed by atoms with E-state index in [0.717, 1.165) is 30.3 Å². The third kappa shape index (κ3) is 4.05. The first kappa shape index (κ1) is 23.0. The van der Waals surface area contributed by atoms with E-state index in [9.17, 15) is 18.8 Å². The fourth-order valence-corrected chi connectivity index (χ4v) is 4.69. The van der Waals surface area contributed by atoms with Crippen LogP contribution in [0.5, 0.6) is 0 Å². The standard InChI is InChI=1S/C26H24FN7O3/c1-14(2)32-12-18-24(26(32)37)33(13-22(35)30-21-6-5-17(27)11-29-21)23-10-20(31-34(23)25(18)36)16-7-8-28-19(9-16)15-3-4-15/h5-11,14-15H,3-4,12-13H2,1-2H3,(H,29,30,35). The quantitative estimate of drug-likeness (QED) is 0.435. The molecule has 1 fully saturated rings. The highest BCUT2D eigenvalue weighted by atomic mass is 19.1. The number of aromatic nitrogens is 5. The van der Waals surface area contributed by atoms with Crippen LogP contribution in [0.1, 0.15) is 54.4 Å². The Hall–Kier alpha value is -4.41. The summed E-state index contributed by atoms with van der Waals surface area (Å²) < 4.78 is 16.0. The normalized spacial score (nSPS) is 15.0. The van der Waals surface area contributed by atoms with Gasteiger partial charge in [-0.2, -0.15) is 9.61 Å². The number of anilines is 1. The zero-order valence-electron chi connectivity index (χ0n) is 20.3. The van der Waals surface area contributed by atoms with Crippen molar-refractivity contribution in [3.05, 3.63) is 75.8 Å². The molecule has 4 aromatic rings. The van der Waals surface area contributed by atoms with Gasteiger partial charge in [-0.1, -0.05) is 0 Å². The highest BCUT2D eigenvalue weighted by molar-refractivity contribution is 5.98. The van der Waals surface area contributed by atoms with E-state index in [4.69, 9.17) is 0 Å². The van der Waals surface area contributed by atoms with Gasteiger partial charge in [0.05, 0.1) is 24.0 Å². The molecule has 0 unspecified atom stereocenters. The third-order valence-corrected chi connectivity index (χ3v) is 6.76. The van der Waals surface area contributed by atoms with Crippen molar-refractivity contribution in [3.8, 4) is 11.3 Å². The Kier molecular flexibility index (Phi) is 5.36. The molecule has 188 valence electrons. The minimum absolute atomic E-state index is 0.134. The summed E-state index contributed by atoms with van der Waals surface area (Å²) in [5.41, 5.74) is 2.75. The number of halogens is 1. The number of carbonyl (C=O) groups excluding carboxylic acids is 2. The van der Waals surface area contributed by atoms with Gasteiger partial charge in [0.2, 0.25) is 5.91 Å². The monoisotopic (exact) mass is 501 g/mol. The zero-order valence-corrected chi connectivity index (χ0v) is 20.3. The van der Waals surface area contributed by atoms with Gasteiger partial charge in [-0.05, 0) is 51.0 Å². The topological polar surface area (TPSA) is 114 Å². The number of hydrogen-bond donors (Lipinski definition) is 1. The average molecular weight is 502 g/mol. The molecule has 0 radical (unpaired) electrons. The van der Waals surface area contributed by atoms with Crippen LogP contribution in [-0.4, -0.2) is 46.9 Å².